The Kier molecular flexibility index (Phi) is 10.9. The number of halogens is 2. The number of benzene rings is 1. The summed E-state index contributed by atoms with van der Waals surface area (Å²) >= 11 is 0. The van der Waals surface area contributed by atoms with Gasteiger partial charge in [-0.2, -0.15) is 4.39 Å². The van der Waals surface area contributed by atoms with Crippen LogP contribution in [-0.4, -0.2) is 5.97 Å². The molecule has 0 saturated heterocycles. The van der Waals surface area contributed by atoms with E-state index in [0.717, 1.165) is 69.1 Å². The van der Waals surface area contributed by atoms with Crippen LogP contribution in [0.25, 0.3) is 0 Å². The van der Waals surface area contributed by atoms with Gasteiger partial charge < -0.3 is 4.74 Å². The van der Waals surface area contributed by atoms with Gasteiger partial charge in [0.2, 0.25) is 5.82 Å². The first kappa shape index (κ1) is 28.6. The second-order valence-corrected chi connectivity index (χ2v) is 12.6. The van der Waals surface area contributed by atoms with Gasteiger partial charge in [-0.05, 0) is 105 Å². The summed E-state index contributed by atoms with van der Waals surface area (Å²) in [5.41, 5.74) is 0.468. The van der Waals surface area contributed by atoms with Crippen molar-refractivity contribution in [3.05, 3.63) is 29.3 Å². The van der Waals surface area contributed by atoms with E-state index in [2.05, 4.69) is 13.8 Å². The van der Waals surface area contributed by atoms with E-state index in [1.807, 2.05) is 0 Å². The van der Waals surface area contributed by atoms with Crippen LogP contribution in [0.2, 0.25) is 0 Å². The highest BCUT2D eigenvalue weighted by atomic mass is 19.2. The Morgan fingerprint density at radius 1 is 0.730 bits per heavy atom. The van der Waals surface area contributed by atoms with Crippen molar-refractivity contribution in [1.29, 1.82) is 0 Å². The monoisotopic (exact) mass is 516 g/mol. The molecule has 0 heterocycles. The van der Waals surface area contributed by atoms with Crippen molar-refractivity contribution in [2.24, 2.45) is 29.6 Å². The fraction of sp³-hybridized carbons (Fsp3) is 0.788. The second-order valence-electron chi connectivity index (χ2n) is 12.6. The Morgan fingerprint density at radius 3 is 1.95 bits per heavy atom. The zero-order valence-corrected chi connectivity index (χ0v) is 23.4. The predicted molar refractivity (Wildman–Crippen MR) is 147 cm³/mol. The van der Waals surface area contributed by atoms with E-state index in [0.29, 0.717) is 11.5 Å². The van der Waals surface area contributed by atoms with Gasteiger partial charge in [-0.25, -0.2) is 4.39 Å². The molecule has 1 aromatic carbocycles. The van der Waals surface area contributed by atoms with Crippen LogP contribution in [-0.2, 0) is 4.79 Å². The van der Waals surface area contributed by atoms with E-state index in [1.165, 1.54) is 70.3 Å². The molecule has 3 fully saturated rings. The van der Waals surface area contributed by atoms with Crippen LogP contribution in [0, 0.1) is 41.2 Å². The summed E-state index contributed by atoms with van der Waals surface area (Å²) in [5, 5.41) is 0. The molecule has 0 bridgehead atoms. The lowest BCUT2D eigenvalue weighted by Gasteiger charge is -2.38. The van der Waals surface area contributed by atoms with E-state index in [9.17, 15) is 9.18 Å². The molecule has 0 amide bonds. The van der Waals surface area contributed by atoms with Crippen LogP contribution in [0.15, 0.2) is 12.1 Å². The summed E-state index contributed by atoms with van der Waals surface area (Å²) in [6, 6.07) is 3.16. The number of rotatable bonds is 10. The lowest BCUT2D eigenvalue weighted by molar-refractivity contribution is -0.140. The normalized spacial score (nSPS) is 30.7. The zero-order chi connectivity index (χ0) is 26.2. The molecule has 0 unspecified atom stereocenters. The fourth-order valence-electron chi connectivity index (χ4n) is 7.76. The van der Waals surface area contributed by atoms with E-state index in [-0.39, 0.29) is 17.6 Å². The average molecular weight is 517 g/mol. The molecular formula is C33H50F2O2. The molecule has 0 spiro atoms. The first-order valence-electron chi connectivity index (χ1n) is 15.7. The number of unbranched alkanes of at least 4 members (excludes halogenated alkanes) is 2. The smallest absolute Gasteiger partial charge is 0.314 e. The summed E-state index contributed by atoms with van der Waals surface area (Å²) in [4.78, 5) is 12.7. The van der Waals surface area contributed by atoms with E-state index in [4.69, 9.17) is 4.74 Å². The van der Waals surface area contributed by atoms with Crippen molar-refractivity contribution in [3.63, 3.8) is 0 Å². The van der Waals surface area contributed by atoms with E-state index >= 15 is 4.39 Å². The van der Waals surface area contributed by atoms with Crippen LogP contribution in [0.5, 0.6) is 5.75 Å². The number of ether oxygens (including phenoxy) is 1. The lowest BCUT2D eigenvalue weighted by atomic mass is 9.68. The van der Waals surface area contributed by atoms with Crippen LogP contribution < -0.4 is 4.74 Å². The lowest BCUT2D eigenvalue weighted by Crippen LogP contribution is -2.26. The zero-order valence-electron chi connectivity index (χ0n) is 23.4. The molecule has 4 heteroatoms. The molecule has 208 valence electrons. The summed E-state index contributed by atoms with van der Waals surface area (Å²) in [7, 11) is 0. The van der Waals surface area contributed by atoms with Gasteiger partial charge in [0.05, 0.1) is 5.92 Å². The minimum absolute atomic E-state index is 0.0647. The van der Waals surface area contributed by atoms with Gasteiger partial charge in [-0.15, -0.1) is 0 Å². The molecule has 1 aromatic rings. The molecule has 2 nitrogen and oxygen atoms in total. The molecule has 3 saturated carbocycles. The molecule has 0 aromatic heterocycles. The Balaban J connectivity index is 1.25. The largest absolute Gasteiger partial charge is 0.423 e. The maximum atomic E-state index is 15.1. The number of carbonyl (C=O) groups excluding carboxylic acids is 1. The number of esters is 1. The van der Waals surface area contributed by atoms with Crippen LogP contribution in [0.3, 0.4) is 0 Å². The van der Waals surface area contributed by atoms with E-state index in [1.54, 1.807) is 6.07 Å². The van der Waals surface area contributed by atoms with Crippen LogP contribution in [0.4, 0.5) is 8.78 Å². The van der Waals surface area contributed by atoms with Crippen molar-refractivity contribution in [3.8, 4) is 5.75 Å². The molecule has 0 aliphatic heterocycles. The van der Waals surface area contributed by atoms with Crippen molar-refractivity contribution in [2.75, 3.05) is 0 Å². The Hall–Kier alpha value is -1.45. The first-order chi connectivity index (χ1) is 18.0. The number of hydrogen-bond acceptors (Lipinski definition) is 2. The van der Waals surface area contributed by atoms with Gasteiger partial charge >= 0.3 is 5.97 Å². The third kappa shape index (κ3) is 7.57. The number of carbonyl (C=O) groups is 1. The molecule has 4 rings (SSSR count). The minimum atomic E-state index is -0.990. The van der Waals surface area contributed by atoms with Gasteiger partial charge in [0.25, 0.3) is 0 Å². The van der Waals surface area contributed by atoms with Crippen molar-refractivity contribution in [2.45, 2.75) is 135 Å². The van der Waals surface area contributed by atoms with Crippen molar-refractivity contribution >= 4 is 5.97 Å². The maximum Gasteiger partial charge on any atom is 0.314 e. The summed E-state index contributed by atoms with van der Waals surface area (Å²) in [6.07, 6.45) is 20.8. The third-order valence-electron chi connectivity index (χ3n) is 10.1. The Bertz CT molecular complexity index is 844. The van der Waals surface area contributed by atoms with Gasteiger partial charge in [0, 0.05) is 0 Å². The molecule has 0 N–H and O–H groups in total. The van der Waals surface area contributed by atoms with Crippen LogP contribution in [0.1, 0.15) is 141 Å². The highest BCUT2D eigenvalue weighted by Crippen LogP contribution is 2.45. The molecule has 3 aliphatic carbocycles. The van der Waals surface area contributed by atoms with Gasteiger partial charge in [0.1, 0.15) is 0 Å². The Morgan fingerprint density at radius 2 is 1.32 bits per heavy atom. The topological polar surface area (TPSA) is 26.3 Å². The number of hydrogen-bond donors (Lipinski definition) is 0. The highest BCUT2D eigenvalue weighted by molar-refractivity contribution is 5.75. The summed E-state index contributed by atoms with van der Waals surface area (Å²) in [5.74, 6) is 0.609. The SMILES string of the molecule is CCCCC[C@H]1CC[C@H](C(=O)Oc2ccc(C3CCC([C@H]4CC[C@H](CCC)CC4)CC3)c(F)c2F)CC1. The van der Waals surface area contributed by atoms with Gasteiger partial charge in [-0.3, -0.25) is 4.79 Å². The first-order valence-corrected chi connectivity index (χ1v) is 15.7. The fourth-order valence-corrected chi connectivity index (χ4v) is 7.76. The molecular weight excluding hydrogens is 466 g/mol. The predicted octanol–water partition coefficient (Wildman–Crippen LogP) is 10.1. The molecule has 3 aliphatic rings. The third-order valence-corrected chi connectivity index (χ3v) is 10.1. The van der Waals surface area contributed by atoms with Crippen LogP contribution >= 0.6 is 0 Å². The quantitative estimate of drug-likeness (QED) is 0.176. The second kappa shape index (κ2) is 14.1. The summed E-state index contributed by atoms with van der Waals surface area (Å²) < 4.78 is 35.5. The molecule has 0 radical (unpaired) electrons. The summed E-state index contributed by atoms with van der Waals surface area (Å²) in [6.45, 7) is 4.50. The van der Waals surface area contributed by atoms with E-state index < -0.39 is 17.6 Å². The highest BCUT2D eigenvalue weighted by Gasteiger charge is 2.33. The van der Waals surface area contributed by atoms with Crippen molar-refractivity contribution < 1.29 is 18.3 Å². The van der Waals surface area contributed by atoms with Gasteiger partial charge in [0.15, 0.2) is 11.6 Å². The van der Waals surface area contributed by atoms with Crippen molar-refractivity contribution in [1.82, 2.24) is 0 Å². The van der Waals surface area contributed by atoms with Gasteiger partial charge in [-0.1, -0.05) is 71.3 Å². The maximum absolute atomic E-state index is 15.1. The molecule has 37 heavy (non-hydrogen) atoms. The minimum Gasteiger partial charge on any atom is -0.423 e. The standard InChI is InChI=1S/C33H50F2O2/c1-3-5-6-8-24-11-15-28(16-12-24)33(36)37-30-22-21-29(31(34)32(30)35)27-19-17-26(18-20-27)25-13-9-23(7-4-2)10-14-25/h21-28H,3-20H2,1-2H3/t23-,24-,25-,26?,27?,28-. The Labute approximate surface area is 224 Å². The molecule has 0 atom stereocenters. The average Bonchev–Trinajstić information content (AvgIpc) is 2.93.